The van der Waals surface area contributed by atoms with Crippen LogP contribution in [-0.4, -0.2) is 22.8 Å². The largest absolute Gasteiger partial charge is 0.506 e. The maximum Gasteiger partial charge on any atom is 0.338 e. The molecule has 1 aliphatic rings. The Bertz CT molecular complexity index is 1380. The van der Waals surface area contributed by atoms with Crippen LogP contribution in [0.5, 0.6) is 5.75 Å². The Kier molecular flexibility index (Phi) is 6.35. The fraction of sp³-hybridized carbons (Fsp3) is 0.136. The third-order valence-electron chi connectivity index (χ3n) is 4.88. The predicted molar refractivity (Wildman–Crippen MR) is 136 cm³/mol. The van der Waals surface area contributed by atoms with Gasteiger partial charge in [-0.3, -0.25) is 9.36 Å². The number of fused-ring (bicyclic) bond motifs is 1. The van der Waals surface area contributed by atoms with E-state index in [-0.39, 0.29) is 11.3 Å². The number of ether oxygens (including phenoxy) is 1. The number of benzene rings is 2. The molecule has 4 rings (SSSR count). The molecule has 2 heterocycles. The summed E-state index contributed by atoms with van der Waals surface area (Å²) >= 11 is 5.39. The topological polar surface area (TPSA) is 80.9 Å². The highest BCUT2D eigenvalue weighted by Gasteiger charge is 2.32. The highest BCUT2D eigenvalue weighted by Crippen LogP contribution is 2.30. The van der Waals surface area contributed by atoms with Gasteiger partial charge in [0.2, 0.25) is 0 Å². The summed E-state index contributed by atoms with van der Waals surface area (Å²) in [5, 5.41) is 10.0. The molecule has 31 heavy (non-hydrogen) atoms. The molecule has 0 aliphatic carbocycles. The number of esters is 1. The van der Waals surface area contributed by atoms with E-state index in [1.165, 1.54) is 18.4 Å². The second-order valence-corrected chi connectivity index (χ2v) is 10.2. The number of carbonyl (C=O) groups is 1. The van der Waals surface area contributed by atoms with Crippen LogP contribution in [0.1, 0.15) is 24.1 Å². The fourth-order valence-electron chi connectivity index (χ4n) is 3.46. The summed E-state index contributed by atoms with van der Waals surface area (Å²) in [6.45, 7) is 1.75. The number of aromatic nitrogens is 1. The number of methoxy groups -OCH3 is 1. The zero-order chi connectivity index (χ0) is 22.3. The first kappa shape index (κ1) is 22.2. The van der Waals surface area contributed by atoms with E-state index in [1.54, 1.807) is 17.6 Å². The van der Waals surface area contributed by atoms with Gasteiger partial charge in [0.1, 0.15) is 5.75 Å². The first-order valence-corrected chi connectivity index (χ1v) is 12.1. The molecular formula is C22H16I2N2O4S. The van der Waals surface area contributed by atoms with E-state index >= 15 is 0 Å². The predicted octanol–water partition coefficient (Wildman–Crippen LogP) is 3.32. The van der Waals surface area contributed by atoms with Crippen molar-refractivity contribution in [2.45, 2.75) is 13.0 Å². The number of hydrogen-bond donors (Lipinski definition) is 1. The summed E-state index contributed by atoms with van der Waals surface area (Å²) in [6, 6.07) is 12.4. The molecule has 0 saturated heterocycles. The molecular weight excluding hydrogens is 642 g/mol. The normalized spacial score (nSPS) is 16.1. The van der Waals surface area contributed by atoms with Crippen molar-refractivity contribution < 1.29 is 14.6 Å². The van der Waals surface area contributed by atoms with Crippen LogP contribution in [0.2, 0.25) is 0 Å². The van der Waals surface area contributed by atoms with Crippen molar-refractivity contribution >= 4 is 68.6 Å². The fourth-order valence-corrected chi connectivity index (χ4v) is 6.33. The zero-order valence-electron chi connectivity index (χ0n) is 16.4. The lowest BCUT2D eigenvalue weighted by Crippen LogP contribution is -2.39. The smallest absolute Gasteiger partial charge is 0.338 e. The average molecular weight is 658 g/mol. The Morgan fingerprint density at radius 2 is 1.87 bits per heavy atom. The zero-order valence-corrected chi connectivity index (χ0v) is 21.6. The van der Waals surface area contributed by atoms with E-state index in [1.807, 2.05) is 42.5 Å². The van der Waals surface area contributed by atoms with Gasteiger partial charge in [0.25, 0.3) is 5.56 Å². The van der Waals surface area contributed by atoms with Gasteiger partial charge in [0.15, 0.2) is 4.80 Å². The van der Waals surface area contributed by atoms with Crippen LogP contribution in [0.15, 0.2) is 63.5 Å². The van der Waals surface area contributed by atoms with Crippen LogP contribution in [-0.2, 0) is 9.53 Å². The number of nitrogens with zero attached hydrogens (tertiary/aromatic N) is 2. The van der Waals surface area contributed by atoms with Crippen molar-refractivity contribution in [3.8, 4) is 5.75 Å². The van der Waals surface area contributed by atoms with Gasteiger partial charge < -0.3 is 9.84 Å². The van der Waals surface area contributed by atoms with Crippen molar-refractivity contribution in [3.05, 3.63) is 91.7 Å². The molecule has 1 N–H and O–H groups in total. The first-order valence-electron chi connectivity index (χ1n) is 9.15. The lowest BCUT2D eigenvalue weighted by atomic mass is 9.96. The molecule has 0 spiro atoms. The molecule has 9 heteroatoms. The second-order valence-electron chi connectivity index (χ2n) is 6.82. The van der Waals surface area contributed by atoms with E-state index < -0.39 is 12.0 Å². The van der Waals surface area contributed by atoms with Crippen LogP contribution in [0.3, 0.4) is 0 Å². The van der Waals surface area contributed by atoms with Gasteiger partial charge in [-0.2, -0.15) is 0 Å². The van der Waals surface area contributed by atoms with Crippen LogP contribution in [0, 0.1) is 7.14 Å². The number of phenols is 1. The molecule has 1 atom stereocenters. The van der Waals surface area contributed by atoms with Crippen molar-refractivity contribution in [1.29, 1.82) is 0 Å². The summed E-state index contributed by atoms with van der Waals surface area (Å²) in [7, 11) is 1.32. The number of hydrogen-bond acceptors (Lipinski definition) is 6. The summed E-state index contributed by atoms with van der Waals surface area (Å²) in [5.41, 5.74) is 2.25. The van der Waals surface area contributed by atoms with Gasteiger partial charge in [0, 0.05) is 0 Å². The molecule has 0 radical (unpaired) electrons. The molecule has 1 aliphatic heterocycles. The highest BCUT2D eigenvalue weighted by molar-refractivity contribution is 14.1. The van der Waals surface area contributed by atoms with Gasteiger partial charge in [-0.25, -0.2) is 9.79 Å². The highest BCUT2D eigenvalue weighted by atomic mass is 127. The number of phenolic OH excluding ortho intramolecular Hbond substituents is 1. The van der Waals surface area contributed by atoms with Crippen molar-refractivity contribution in [2.75, 3.05) is 7.11 Å². The van der Waals surface area contributed by atoms with E-state index in [4.69, 9.17) is 4.74 Å². The van der Waals surface area contributed by atoms with Crippen LogP contribution in [0.25, 0.3) is 6.08 Å². The number of thiazole rings is 1. The number of aromatic hydroxyl groups is 1. The molecule has 2 aromatic carbocycles. The van der Waals surface area contributed by atoms with Gasteiger partial charge in [-0.05, 0) is 81.4 Å². The van der Waals surface area contributed by atoms with E-state index in [0.717, 1.165) is 11.1 Å². The average Bonchev–Trinajstić information content (AvgIpc) is 3.05. The summed E-state index contributed by atoms with van der Waals surface area (Å²) in [4.78, 5) is 31.1. The standard InChI is InChI=1S/C22H16I2N2O4S/c1-11-17(21(29)30-2)18(13-6-4-3-5-7-13)26-20(28)16(31-22(26)25-11)10-12-8-14(23)19(27)15(24)9-12/h3-10,18,27H,1-2H3/b16-10-/t18-/m1/s1. The molecule has 0 amide bonds. The quantitative estimate of drug-likeness (QED) is 0.346. The Balaban J connectivity index is 1.98. The van der Waals surface area contributed by atoms with Crippen molar-refractivity contribution in [2.24, 2.45) is 4.99 Å². The van der Waals surface area contributed by atoms with E-state index in [0.29, 0.717) is 27.7 Å². The van der Waals surface area contributed by atoms with Crippen LogP contribution in [0.4, 0.5) is 0 Å². The number of allylic oxidation sites excluding steroid dienone is 1. The third-order valence-corrected chi connectivity index (χ3v) is 7.51. The summed E-state index contributed by atoms with van der Waals surface area (Å²) in [6.07, 6.45) is 1.78. The Hall–Kier alpha value is -1.99. The third kappa shape index (κ3) is 4.10. The van der Waals surface area contributed by atoms with Gasteiger partial charge >= 0.3 is 5.97 Å². The minimum absolute atomic E-state index is 0.224. The van der Waals surface area contributed by atoms with Gasteiger partial charge in [-0.15, -0.1) is 0 Å². The molecule has 0 unspecified atom stereocenters. The van der Waals surface area contributed by atoms with E-state index in [2.05, 4.69) is 50.2 Å². The number of rotatable bonds is 3. The maximum absolute atomic E-state index is 13.5. The minimum Gasteiger partial charge on any atom is -0.506 e. The Morgan fingerprint density at radius 3 is 2.48 bits per heavy atom. The molecule has 0 bridgehead atoms. The molecule has 0 saturated carbocycles. The Morgan fingerprint density at radius 1 is 1.23 bits per heavy atom. The molecule has 3 aromatic rings. The number of halogens is 2. The molecule has 158 valence electrons. The molecule has 1 aromatic heterocycles. The van der Waals surface area contributed by atoms with Crippen molar-refractivity contribution in [1.82, 2.24) is 4.57 Å². The van der Waals surface area contributed by atoms with Crippen LogP contribution < -0.4 is 14.9 Å². The second kappa shape index (κ2) is 8.87. The van der Waals surface area contributed by atoms with Gasteiger partial charge in [0.05, 0.1) is 36.1 Å². The first-order chi connectivity index (χ1) is 14.8. The molecule has 6 nitrogen and oxygen atoms in total. The Labute approximate surface area is 208 Å². The van der Waals surface area contributed by atoms with E-state index in [9.17, 15) is 14.7 Å². The minimum atomic E-state index is -0.618. The number of carbonyl (C=O) groups excluding carboxylic acids is 1. The van der Waals surface area contributed by atoms with Crippen LogP contribution >= 0.6 is 56.5 Å². The molecule has 0 fully saturated rings. The van der Waals surface area contributed by atoms with Crippen molar-refractivity contribution in [3.63, 3.8) is 0 Å². The summed E-state index contributed by atoms with van der Waals surface area (Å²) < 4.78 is 8.46. The SMILES string of the molecule is COC(=O)C1=C(C)N=c2s/c(=C\c3cc(I)c(O)c(I)c3)c(=O)n2[C@@H]1c1ccccc1. The lowest BCUT2D eigenvalue weighted by Gasteiger charge is -2.24. The summed E-state index contributed by atoms with van der Waals surface area (Å²) in [5.74, 6) is -0.283. The maximum atomic E-state index is 13.5. The lowest BCUT2D eigenvalue weighted by molar-refractivity contribution is -0.136. The van der Waals surface area contributed by atoms with Gasteiger partial charge in [-0.1, -0.05) is 41.7 Å². The monoisotopic (exact) mass is 658 g/mol.